The van der Waals surface area contributed by atoms with Gasteiger partial charge in [0.15, 0.2) is 0 Å². The van der Waals surface area contributed by atoms with Crippen LogP contribution in [-0.4, -0.2) is 40.4 Å². The molecule has 2 aliphatic rings. The highest BCUT2D eigenvalue weighted by molar-refractivity contribution is 5.77. The van der Waals surface area contributed by atoms with Crippen molar-refractivity contribution in [2.75, 3.05) is 24.5 Å². The summed E-state index contributed by atoms with van der Waals surface area (Å²) >= 11 is 0. The van der Waals surface area contributed by atoms with Gasteiger partial charge in [-0.25, -0.2) is 4.98 Å². The van der Waals surface area contributed by atoms with Gasteiger partial charge in [-0.2, -0.15) is 0 Å². The van der Waals surface area contributed by atoms with Gasteiger partial charge in [-0.3, -0.25) is 9.78 Å². The standard InChI is InChI=1S/C22H26N4O/c1-2-18-4-5-20(24-14-18)25-13-3-9-22(16-25)10-6-21(27)26(17-22)15-19-7-11-23-12-8-19/h2,4-5,7-8,11-12,14H,1,3,6,9-10,13,15-17H2/t22-/m1/s1. The van der Waals surface area contributed by atoms with Gasteiger partial charge in [-0.15, -0.1) is 0 Å². The number of anilines is 1. The predicted molar refractivity (Wildman–Crippen MR) is 107 cm³/mol. The Balaban J connectivity index is 1.49. The van der Waals surface area contributed by atoms with Crippen LogP contribution in [0, 0.1) is 5.41 Å². The SMILES string of the molecule is C=Cc1ccc(N2CCC[C@@]3(CCC(=O)N(Cc4ccncc4)C3)C2)nc1. The number of nitrogens with zero attached hydrogens (tertiary/aromatic N) is 4. The number of carbonyl (C=O) groups is 1. The van der Waals surface area contributed by atoms with Crippen LogP contribution >= 0.6 is 0 Å². The maximum absolute atomic E-state index is 12.5. The van der Waals surface area contributed by atoms with Crippen molar-refractivity contribution in [3.8, 4) is 0 Å². The van der Waals surface area contributed by atoms with Gasteiger partial charge < -0.3 is 9.80 Å². The van der Waals surface area contributed by atoms with Crippen molar-refractivity contribution in [1.29, 1.82) is 0 Å². The zero-order valence-corrected chi connectivity index (χ0v) is 15.7. The summed E-state index contributed by atoms with van der Waals surface area (Å²) in [6.07, 6.45) is 11.2. The van der Waals surface area contributed by atoms with E-state index in [-0.39, 0.29) is 11.3 Å². The molecule has 0 aromatic carbocycles. The van der Waals surface area contributed by atoms with Gasteiger partial charge in [0.05, 0.1) is 0 Å². The number of aromatic nitrogens is 2. The highest BCUT2D eigenvalue weighted by Gasteiger charge is 2.41. The molecule has 1 atom stereocenters. The number of likely N-dealkylation sites (tertiary alicyclic amines) is 1. The normalized spacial score (nSPS) is 22.9. The smallest absolute Gasteiger partial charge is 0.222 e. The summed E-state index contributed by atoms with van der Waals surface area (Å²) < 4.78 is 0. The van der Waals surface area contributed by atoms with Crippen LogP contribution in [0.4, 0.5) is 5.82 Å². The molecule has 27 heavy (non-hydrogen) atoms. The molecule has 2 saturated heterocycles. The topological polar surface area (TPSA) is 49.3 Å². The first kappa shape index (κ1) is 17.7. The zero-order valence-electron chi connectivity index (χ0n) is 15.7. The Hall–Kier alpha value is -2.69. The molecule has 0 aliphatic carbocycles. The third-order valence-corrected chi connectivity index (χ3v) is 5.86. The summed E-state index contributed by atoms with van der Waals surface area (Å²) in [4.78, 5) is 25.6. The first-order valence-corrected chi connectivity index (χ1v) is 9.68. The Bertz CT molecular complexity index is 805. The number of carbonyl (C=O) groups excluding carboxylic acids is 1. The van der Waals surface area contributed by atoms with Crippen molar-refractivity contribution in [3.63, 3.8) is 0 Å². The molecule has 2 aromatic rings. The predicted octanol–water partition coefficient (Wildman–Crippen LogP) is 3.53. The van der Waals surface area contributed by atoms with Crippen molar-refractivity contribution in [3.05, 3.63) is 60.6 Å². The third-order valence-electron chi connectivity index (χ3n) is 5.86. The summed E-state index contributed by atoms with van der Waals surface area (Å²) in [6.45, 7) is 7.30. The van der Waals surface area contributed by atoms with Crippen LogP contribution in [-0.2, 0) is 11.3 Å². The van der Waals surface area contributed by atoms with Crippen LogP contribution in [0.5, 0.6) is 0 Å². The van der Waals surface area contributed by atoms with Crippen LogP contribution < -0.4 is 4.90 Å². The average Bonchev–Trinajstić information content (AvgIpc) is 2.72. The molecule has 1 amide bonds. The summed E-state index contributed by atoms with van der Waals surface area (Å²) in [5, 5.41) is 0. The fourth-order valence-electron chi connectivity index (χ4n) is 4.40. The zero-order chi connectivity index (χ0) is 18.7. The van der Waals surface area contributed by atoms with Crippen molar-refractivity contribution < 1.29 is 4.79 Å². The molecule has 4 heterocycles. The van der Waals surface area contributed by atoms with Gasteiger partial charge in [0, 0.05) is 56.6 Å². The van der Waals surface area contributed by atoms with Gasteiger partial charge in [0.1, 0.15) is 5.82 Å². The van der Waals surface area contributed by atoms with Crippen molar-refractivity contribution in [2.45, 2.75) is 32.2 Å². The molecular formula is C22H26N4O. The highest BCUT2D eigenvalue weighted by atomic mass is 16.2. The van der Waals surface area contributed by atoms with E-state index in [1.807, 2.05) is 29.3 Å². The molecule has 0 unspecified atom stereocenters. The molecule has 140 valence electrons. The van der Waals surface area contributed by atoms with Gasteiger partial charge >= 0.3 is 0 Å². The molecule has 0 N–H and O–H groups in total. The molecule has 2 fully saturated rings. The van der Waals surface area contributed by atoms with Gasteiger partial charge in [-0.05, 0) is 54.7 Å². The molecule has 5 heteroatoms. The van der Waals surface area contributed by atoms with Gasteiger partial charge in [0.2, 0.25) is 5.91 Å². The molecule has 2 aromatic heterocycles. The second-order valence-corrected chi connectivity index (χ2v) is 7.78. The molecule has 2 aliphatic heterocycles. The minimum Gasteiger partial charge on any atom is -0.356 e. The quantitative estimate of drug-likeness (QED) is 0.835. The third kappa shape index (κ3) is 3.87. The number of rotatable bonds is 4. The summed E-state index contributed by atoms with van der Waals surface area (Å²) in [5.41, 5.74) is 2.35. The maximum Gasteiger partial charge on any atom is 0.222 e. The van der Waals surface area contributed by atoms with Crippen molar-refractivity contribution in [1.82, 2.24) is 14.9 Å². The Labute approximate surface area is 160 Å². The first-order valence-electron chi connectivity index (χ1n) is 9.68. The van der Waals surface area contributed by atoms with Crippen molar-refractivity contribution in [2.24, 2.45) is 5.41 Å². The second-order valence-electron chi connectivity index (χ2n) is 7.78. The lowest BCUT2D eigenvalue weighted by Gasteiger charge is -2.48. The lowest BCUT2D eigenvalue weighted by Crippen LogP contribution is -2.54. The van der Waals surface area contributed by atoms with Crippen LogP contribution in [0.2, 0.25) is 0 Å². The fraction of sp³-hybridized carbons (Fsp3) is 0.409. The molecule has 0 radical (unpaired) electrons. The van der Waals surface area contributed by atoms with E-state index in [0.29, 0.717) is 13.0 Å². The molecule has 4 rings (SSSR count). The summed E-state index contributed by atoms with van der Waals surface area (Å²) in [6, 6.07) is 8.13. The van der Waals surface area contributed by atoms with Crippen LogP contribution in [0.3, 0.4) is 0 Å². The average molecular weight is 362 g/mol. The van der Waals surface area contributed by atoms with E-state index < -0.39 is 0 Å². The minimum atomic E-state index is 0.165. The summed E-state index contributed by atoms with van der Waals surface area (Å²) in [7, 11) is 0. The minimum absolute atomic E-state index is 0.165. The first-order chi connectivity index (χ1) is 13.2. The Kier molecular flexibility index (Phi) is 4.92. The Morgan fingerprint density at radius 1 is 1.15 bits per heavy atom. The van der Waals surface area contributed by atoms with E-state index in [4.69, 9.17) is 0 Å². The maximum atomic E-state index is 12.5. The van der Waals surface area contributed by atoms with Crippen LogP contribution in [0.1, 0.15) is 36.8 Å². The second kappa shape index (κ2) is 7.51. The Morgan fingerprint density at radius 2 is 2.00 bits per heavy atom. The molecule has 0 saturated carbocycles. The molecule has 0 bridgehead atoms. The largest absolute Gasteiger partial charge is 0.356 e. The molecule has 1 spiro atoms. The monoisotopic (exact) mass is 362 g/mol. The lowest BCUT2D eigenvalue weighted by molar-refractivity contribution is -0.138. The highest BCUT2D eigenvalue weighted by Crippen LogP contribution is 2.40. The van der Waals surface area contributed by atoms with Crippen LogP contribution in [0.25, 0.3) is 6.08 Å². The van der Waals surface area contributed by atoms with E-state index in [1.165, 1.54) is 6.42 Å². The van der Waals surface area contributed by atoms with Gasteiger partial charge in [0.25, 0.3) is 0 Å². The lowest BCUT2D eigenvalue weighted by atomic mass is 9.73. The number of piperidine rings is 2. The van der Waals surface area contributed by atoms with E-state index in [0.717, 1.165) is 49.4 Å². The van der Waals surface area contributed by atoms with E-state index in [1.54, 1.807) is 12.4 Å². The number of amides is 1. The number of hydrogen-bond donors (Lipinski definition) is 0. The van der Waals surface area contributed by atoms with Gasteiger partial charge in [-0.1, -0.05) is 12.7 Å². The van der Waals surface area contributed by atoms with Crippen LogP contribution in [0.15, 0.2) is 49.4 Å². The number of hydrogen-bond acceptors (Lipinski definition) is 4. The summed E-state index contributed by atoms with van der Waals surface area (Å²) in [5.74, 6) is 1.29. The number of pyridine rings is 2. The molecule has 5 nitrogen and oxygen atoms in total. The van der Waals surface area contributed by atoms with E-state index in [9.17, 15) is 4.79 Å². The molecular weight excluding hydrogens is 336 g/mol. The van der Waals surface area contributed by atoms with E-state index in [2.05, 4.69) is 33.6 Å². The fourth-order valence-corrected chi connectivity index (χ4v) is 4.40. The Morgan fingerprint density at radius 3 is 2.74 bits per heavy atom. The van der Waals surface area contributed by atoms with Crippen molar-refractivity contribution >= 4 is 17.8 Å². The van der Waals surface area contributed by atoms with E-state index >= 15 is 0 Å².